The van der Waals surface area contributed by atoms with Crippen LogP contribution in [0.3, 0.4) is 0 Å². The van der Waals surface area contributed by atoms with Gasteiger partial charge in [0.05, 0.1) is 4.92 Å². The highest BCUT2D eigenvalue weighted by Crippen LogP contribution is 2.31. The molecular formula is C19H19FN4O3S. The predicted octanol–water partition coefficient (Wildman–Crippen LogP) is 3.85. The van der Waals surface area contributed by atoms with Crippen LogP contribution >= 0.6 is 12.2 Å². The first kappa shape index (κ1) is 19.7. The summed E-state index contributed by atoms with van der Waals surface area (Å²) >= 11 is 5.08. The van der Waals surface area contributed by atoms with Crippen LogP contribution in [0.5, 0.6) is 0 Å². The maximum absolute atomic E-state index is 12.9. The zero-order chi connectivity index (χ0) is 20.1. The molecule has 0 radical (unpaired) electrons. The fourth-order valence-electron chi connectivity index (χ4n) is 3.08. The van der Waals surface area contributed by atoms with Gasteiger partial charge in [-0.05, 0) is 67.9 Å². The van der Waals surface area contributed by atoms with Gasteiger partial charge in [0.25, 0.3) is 11.6 Å². The molecule has 0 aliphatic carbocycles. The van der Waals surface area contributed by atoms with E-state index in [0.29, 0.717) is 11.4 Å². The van der Waals surface area contributed by atoms with Gasteiger partial charge in [0.1, 0.15) is 11.5 Å². The average molecular weight is 402 g/mol. The van der Waals surface area contributed by atoms with Gasteiger partial charge in [0.2, 0.25) is 0 Å². The molecule has 3 rings (SSSR count). The topological polar surface area (TPSA) is 87.5 Å². The highest BCUT2D eigenvalue weighted by Gasteiger charge is 2.23. The lowest BCUT2D eigenvalue weighted by Crippen LogP contribution is -2.34. The summed E-state index contributed by atoms with van der Waals surface area (Å²) < 4.78 is 12.9. The number of nitrogens with one attached hydrogen (secondary N) is 2. The molecule has 146 valence electrons. The van der Waals surface area contributed by atoms with Crippen LogP contribution in [0.1, 0.15) is 29.6 Å². The van der Waals surface area contributed by atoms with Crippen molar-refractivity contribution in [3.63, 3.8) is 0 Å². The number of thiocarbonyl (C=S) groups is 1. The Morgan fingerprint density at radius 2 is 1.79 bits per heavy atom. The van der Waals surface area contributed by atoms with Gasteiger partial charge in [-0.15, -0.1) is 0 Å². The Balaban J connectivity index is 1.72. The lowest BCUT2D eigenvalue weighted by molar-refractivity contribution is -0.384. The molecule has 1 aliphatic rings. The van der Waals surface area contributed by atoms with Crippen LogP contribution in [0.2, 0.25) is 0 Å². The Hall–Kier alpha value is -3.07. The van der Waals surface area contributed by atoms with Crippen LogP contribution in [0, 0.1) is 15.9 Å². The highest BCUT2D eigenvalue weighted by atomic mass is 32.1. The molecule has 0 aromatic heterocycles. The van der Waals surface area contributed by atoms with E-state index in [1.165, 1.54) is 30.3 Å². The van der Waals surface area contributed by atoms with Gasteiger partial charge in [-0.3, -0.25) is 20.2 Å². The smallest absolute Gasteiger partial charge is 0.293 e. The molecule has 0 atom stereocenters. The number of hydrogen-bond acceptors (Lipinski definition) is 5. The van der Waals surface area contributed by atoms with E-state index in [-0.39, 0.29) is 22.2 Å². The van der Waals surface area contributed by atoms with E-state index in [9.17, 15) is 19.3 Å². The molecule has 1 aliphatic heterocycles. The van der Waals surface area contributed by atoms with E-state index in [4.69, 9.17) is 12.2 Å². The third-order valence-electron chi connectivity index (χ3n) is 4.46. The van der Waals surface area contributed by atoms with E-state index < -0.39 is 10.8 Å². The molecule has 0 bridgehead atoms. The van der Waals surface area contributed by atoms with E-state index in [1.807, 2.05) is 4.90 Å². The van der Waals surface area contributed by atoms with Crippen LogP contribution in [0.4, 0.5) is 21.5 Å². The Morgan fingerprint density at radius 1 is 1.11 bits per heavy atom. The quantitative estimate of drug-likeness (QED) is 0.459. The number of rotatable bonds is 4. The second kappa shape index (κ2) is 8.75. The van der Waals surface area contributed by atoms with Crippen molar-refractivity contribution in [1.29, 1.82) is 0 Å². The molecule has 1 amide bonds. The Kier molecular flexibility index (Phi) is 6.15. The molecular weight excluding hydrogens is 383 g/mol. The molecule has 0 spiro atoms. The molecule has 1 fully saturated rings. The largest absolute Gasteiger partial charge is 0.366 e. The van der Waals surface area contributed by atoms with Crippen molar-refractivity contribution in [2.75, 3.05) is 23.3 Å². The van der Waals surface area contributed by atoms with E-state index in [1.54, 1.807) is 12.1 Å². The molecule has 28 heavy (non-hydrogen) atoms. The predicted molar refractivity (Wildman–Crippen MR) is 109 cm³/mol. The number of amides is 1. The first-order valence-corrected chi connectivity index (χ1v) is 9.26. The average Bonchev–Trinajstić information content (AvgIpc) is 2.69. The maximum Gasteiger partial charge on any atom is 0.293 e. The first-order valence-electron chi connectivity index (χ1n) is 8.85. The number of anilines is 2. The summed E-state index contributed by atoms with van der Waals surface area (Å²) in [5, 5.41) is 16.8. The van der Waals surface area contributed by atoms with Crippen molar-refractivity contribution in [3.05, 3.63) is 64.0 Å². The second-order valence-electron chi connectivity index (χ2n) is 6.42. The lowest BCUT2D eigenvalue weighted by atomic mass is 10.1. The summed E-state index contributed by atoms with van der Waals surface area (Å²) in [7, 11) is 0. The number of piperidine rings is 1. The molecule has 9 heteroatoms. The van der Waals surface area contributed by atoms with Crippen molar-refractivity contribution in [2.24, 2.45) is 0 Å². The number of nitrogens with zero attached hydrogens (tertiary/aromatic N) is 2. The van der Waals surface area contributed by atoms with Crippen molar-refractivity contribution >= 4 is 40.3 Å². The van der Waals surface area contributed by atoms with Gasteiger partial charge in [-0.2, -0.15) is 0 Å². The van der Waals surface area contributed by atoms with Gasteiger partial charge < -0.3 is 10.2 Å². The van der Waals surface area contributed by atoms with Gasteiger partial charge in [-0.25, -0.2) is 4.39 Å². The van der Waals surface area contributed by atoms with E-state index in [2.05, 4.69) is 10.6 Å². The fraction of sp³-hybridized carbons (Fsp3) is 0.263. The van der Waals surface area contributed by atoms with E-state index >= 15 is 0 Å². The summed E-state index contributed by atoms with van der Waals surface area (Å²) in [6.07, 6.45) is 3.09. The van der Waals surface area contributed by atoms with Gasteiger partial charge in [0.15, 0.2) is 5.11 Å². The standard InChI is InChI=1S/C19H19FN4O3S/c20-14-5-7-15(8-6-14)21-19(28)22-18(25)13-4-9-16(17(12-13)24(26)27)23-10-2-1-3-11-23/h4-9,12H,1-3,10-11H2,(H2,21,22,25,28). The summed E-state index contributed by atoms with van der Waals surface area (Å²) in [5.41, 5.74) is 1.06. The van der Waals surface area contributed by atoms with Crippen LogP contribution in [-0.4, -0.2) is 29.0 Å². The van der Waals surface area contributed by atoms with Gasteiger partial charge in [0, 0.05) is 30.4 Å². The normalized spacial score (nSPS) is 13.7. The Morgan fingerprint density at radius 3 is 2.43 bits per heavy atom. The number of nitro groups is 1. The Bertz CT molecular complexity index is 899. The minimum Gasteiger partial charge on any atom is -0.366 e. The van der Waals surface area contributed by atoms with Crippen molar-refractivity contribution in [3.8, 4) is 0 Å². The van der Waals surface area contributed by atoms with Crippen LogP contribution in [0.15, 0.2) is 42.5 Å². The number of benzene rings is 2. The third-order valence-corrected chi connectivity index (χ3v) is 4.66. The number of halogens is 1. The SMILES string of the molecule is O=C(NC(=S)Nc1ccc(F)cc1)c1ccc(N2CCCCC2)c([N+](=O)[O-])c1. The van der Waals surface area contributed by atoms with E-state index in [0.717, 1.165) is 32.4 Å². The molecule has 0 saturated carbocycles. The molecule has 2 aromatic carbocycles. The third kappa shape index (κ3) is 4.80. The lowest BCUT2D eigenvalue weighted by Gasteiger charge is -2.28. The number of carbonyl (C=O) groups is 1. The molecule has 0 unspecified atom stereocenters. The van der Waals surface area contributed by atoms with Crippen LogP contribution in [0.25, 0.3) is 0 Å². The van der Waals surface area contributed by atoms with Crippen LogP contribution < -0.4 is 15.5 Å². The minimum absolute atomic E-state index is 0.0133. The molecule has 2 aromatic rings. The summed E-state index contributed by atoms with van der Waals surface area (Å²) in [6, 6.07) is 9.89. The monoisotopic (exact) mass is 402 g/mol. The molecule has 7 nitrogen and oxygen atoms in total. The number of hydrogen-bond donors (Lipinski definition) is 2. The summed E-state index contributed by atoms with van der Waals surface area (Å²) in [6.45, 7) is 1.52. The molecule has 2 N–H and O–H groups in total. The summed E-state index contributed by atoms with van der Waals surface area (Å²) in [4.78, 5) is 25.4. The molecule has 1 heterocycles. The van der Waals surface area contributed by atoms with Gasteiger partial charge >= 0.3 is 0 Å². The maximum atomic E-state index is 12.9. The molecule has 1 saturated heterocycles. The van der Waals surface area contributed by atoms with Crippen molar-refractivity contribution in [2.45, 2.75) is 19.3 Å². The fourth-order valence-corrected chi connectivity index (χ4v) is 3.29. The number of nitro benzene ring substituents is 1. The van der Waals surface area contributed by atoms with Crippen molar-refractivity contribution < 1.29 is 14.1 Å². The number of carbonyl (C=O) groups excluding carboxylic acids is 1. The zero-order valence-electron chi connectivity index (χ0n) is 15.0. The minimum atomic E-state index is -0.562. The highest BCUT2D eigenvalue weighted by molar-refractivity contribution is 7.80. The van der Waals surface area contributed by atoms with Crippen molar-refractivity contribution in [1.82, 2.24) is 5.32 Å². The Labute approximate surface area is 166 Å². The first-order chi connectivity index (χ1) is 13.4. The second-order valence-corrected chi connectivity index (χ2v) is 6.83. The zero-order valence-corrected chi connectivity index (χ0v) is 15.8. The van der Waals surface area contributed by atoms with Gasteiger partial charge in [-0.1, -0.05) is 0 Å². The van der Waals surface area contributed by atoms with Crippen LogP contribution in [-0.2, 0) is 0 Å². The summed E-state index contributed by atoms with van der Waals surface area (Å²) in [5.74, 6) is -0.950.